The van der Waals surface area contributed by atoms with Gasteiger partial charge in [0.05, 0.1) is 0 Å². The van der Waals surface area contributed by atoms with E-state index in [-0.39, 0.29) is 0 Å². The number of ether oxygens (including phenoxy) is 1. The molecule has 0 amide bonds. The molecule has 1 aromatic rings. The minimum atomic E-state index is 0.589. The summed E-state index contributed by atoms with van der Waals surface area (Å²) in [5.41, 5.74) is 2.88. The van der Waals surface area contributed by atoms with E-state index in [1.165, 1.54) is 43.2 Å². The fraction of sp³-hybridized carbons (Fsp3) is 0.545. The smallest absolute Gasteiger partial charge is 0.122 e. The summed E-state index contributed by atoms with van der Waals surface area (Å²) in [6, 6.07) is 6.86. The van der Waals surface area contributed by atoms with Crippen LogP contribution in [0.2, 0.25) is 0 Å². The van der Waals surface area contributed by atoms with E-state index in [4.69, 9.17) is 4.74 Å². The van der Waals surface area contributed by atoms with E-state index in [1.807, 2.05) is 6.08 Å². The van der Waals surface area contributed by atoms with Crippen LogP contribution >= 0.6 is 0 Å². The Kier molecular flexibility index (Phi) is 7.45. The molecule has 1 fully saturated rings. The first kappa shape index (κ1) is 17.8. The Balaban J connectivity index is 2.02. The second-order valence-electron chi connectivity index (χ2n) is 6.74. The monoisotopic (exact) mass is 312 g/mol. The van der Waals surface area contributed by atoms with Crippen LogP contribution in [0.3, 0.4) is 0 Å². The van der Waals surface area contributed by atoms with Crippen molar-refractivity contribution in [2.45, 2.75) is 64.7 Å². The number of allylic oxidation sites excluding steroid dienone is 2. The zero-order valence-corrected chi connectivity index (χ0v) is 14.9. The van der Waals surface area contributed by atoms with Crippen molar-refractivity contribution in [1.29, 1.82) is 0 Å². The molecule has 0 heterocycles. The van der Waals surface area contributed by atoms with Gasteiger partial charge < -0.3 is 4.74 Å². The van der Waals surface area contributed by atoms with Crippen molar-refractivity contribution >= 4 is 0 Å². The molecule has 0 unspecified atom stereocenters. The summed E-state index contributed by atoms with van der Waals surface area (Å²) in [5, 5.41) is 0. The van der Waals surface area contributed by atoms with E-state index in [9.17, 15) is 0 Å². The summed E-state index contributed by atoms with van der Waals surface area (Å²) in [6.07, 6.45) is 15.2. The second-order valence-corrected chi connectivity index (χ2v) is 6.74. The molecule has 23 heavy (non-hydrogen) atoms. The molecular formula is C22H32O. The standard InChI is InChI=1S/C22H32O/c1-4-7-9-18-10-12-19(13-11-18)20-14-15-22(23-16-6-3)21(17-20)8-5-2/h4,6-7,14-15,17-19H,3,5,8-13,16H2,1-2H3. The third-order valence-corrected chi connectivity index (χ3v) is 4.98. The van der Waals surface area contributed by atoms with Gasteiger partial charge in [-0.25, -0.2) is 0 Å². The summed E-state index contributed by atoms with van der Waals surface area (Å²) in [4.78, 5) is 0. The number of aryl methyl sites for hydroxylation is 1. The third kappa shape index (κ3) is 5.27. The Hall–Kier alpha value is -1.50. The molecule has 0 aliphatic heterocycles. The molecular weight excluding hydrogens is 280 g/mol. The Morgan fingerprint density at radius 1 is 1.22 bits per heavy atom. The van der Waals surface area contributed by atoms with Crippen molar-refractivity contribution in [2.75, 3.05) is 6.61 Å². The van der Waals surface area contributed by atoms with E-state index in [1.54, 1.807) is 0 Å². The quantitative estimate of drug-likeness (QED) is 0.502. The number of benzene rings is 1. The second kappa shape index (κ2) is 9.60. The van der Waals surface area contributed by atoms with Crippen molar-refractivity contribution in [1.82, 2.24) is 0 Å². The fourth-order valence-electron chi connectivity index (χ4n) is 3.67. The first-order valence-corrected chi connectivity index (χ1v) is 9.26. The zero-order valence-electron chi connectivity index (χ0n) is 14.9. The third-order valence-electron chi connectivity index (χ3n) is 4.98. The summed E-state index contributed by atoms with van der Waals surface area (Å²) in [6.45, 7) is 8.68. The van der Waals surface area contributed by atoms with Crippen LogP contribution in [0.25, 0.3) is 0 Å². The molecule has 0 spiro atoms. The number of hydrogen-bond acceptors (Lipinski definition) is 1. The lowest BCUT2D eigenvalue weighted by Gasteiger charge is -2.28. The molecule has 0 atom stereocenters. The van der Waals surface area contributed by atoms with E-state index in [0.717, 1.165) is 30.4 Å². The van der Waals surface area contributed by atoms with Gasteiger partial charge in [-0.05, 0) is 74.5 Å². The lowest BCUT2D eigenvalue weighted by Crippen LogP contribution is -2.13. The molecule has 2 rings (SSSR count). The molecule has 0 bridgehead atoms. The topological polar surface area (TPSA) is 9.23 Å². The highest BCUT2D eigenvalue weighted by molar-refractivity contribution is 5.39. The summed E-state index contributed by atoms with van der Waals surface area (Å²) < 4.78 is 5.82. The maximum absolute atomic E-state index is 5.82. The molecule has 1 aliphatic carbocycles. The lowest BCUT2D eigenvalue weighted by molar-refractivity contribution is 0.327. The van der Waals surface area contributed by atoms with Crippen LogP contribution in [-0.2, 0) is 6.42 Å². The van der Waals surface area contributed by atoms with Crippen LogP contribution in [-0.4, -0.2) is 6.61 Å². The van der Waals surface area contributed by atoms with Crippen LogP contribution in [0.5, 0.6) is 5.75 Å². The molecule has 1 aliphatic rings. The maximum atomic E-state index is 5.82. The van der Waals surface area contributed by atoms with Gasteiger partial charge in [0.15, 0.2) is 0 Å². The van der Waals surface area contributed by atoms with Gasteiger partial charge >= 0.3 is 0 Å². The highest BCUT2D eigenvalue weighted by Crippen LogP contribution is 2.38. The van der Waals surface area contributed by atoms with Crippen LogP contribution in [0, 0.1) is 5.92 Å². The number of rotatable bonds is 8. The average Bonchev–Trinajstić information content (AvgIpc) is 2.59. The van der Waals surface area contributed by atoms with E-state index < -0.39 is 0 Å². The van der Waals surface area contributed by atoms with Gasteiger partial charge in [0.25, 0.3) is 0 Å². The van der Waals surface area contributed by atoms with Crippen molar-refractivity contribution in [3.05, 3.63) is 54.1 Å². The van der Waals surface area contributed by atoms with Crippen LogP contribution in [0.1, 0.15) is 69.4 Å². The molecule has 1 saturated carbocycles. The molecule has 1 nitrogen and oxygen atoms in total. The maximum Gasteiger partial charge on any atom is 0.122 e. The zero-order chi connectivity index (χ0) is 16.5. The first-order chi connectivity index (χ1) is 11.3. The van der Waals surface area contributed by atoms with Gasteiger partial charge in [-0.15, -0.1) is 0 Å². The predicted octanol–water partition coefficient (Wildman–Crippen LogP) is 6.44. The van der Waals surface area contributed by atoms with Crippen molar-refractivity contribution < 1.29 is 4.74 Å². The Morgan fingerprint density at radius 2 is 2.00 bits per heavy atom. The Morgan fingerprint density at radius 3 is 2.65 bits per heavy atom. The highest BCUT2D eigenvalue weighted by atomic mass is 16.5. The Labute approximate surface area is 142 Å². The SMILES string of the molecule is C=CCOc1ccc(C2CCC(CC=CC)CC2)cc1CCC. The lowest BCUT2D eigenvalue weighted by atomic mass is 9.77. The predicted molar refractivity (Wildman–Crippen MR) is 100 cm³/mol. The number of hydrogen-bond donors (Lipinski definition) is 0. The molecule has 0 N–H and O–H groups in total. The van der Waals surface area contributed by atoms with Crippen LogP contribution in [0.4, 0.5) is 0 Å². The van der Waals surface area contributed by atoms with Gasteiger partial charge in [0.2, 0.25) is 0 Å². The normalized spacial score (nSPS) is 21.5. The van der Waals surface area contributed by atoms with E-state index in [0.29, 0.717) is 6.61 Å². The van der Waals surface area contributed by atoms with E-state index >= 15 is 0 Å². The average molecular weight is 312 g/mol. The molecule has 1 aromatic carbocycles. The summed E-state index contributed by atoms with van der Waals surface area (Å²) in [7, 11) is 0. The van der Waals surface area contributed by atoms with E-state index in [2.05, 4.69) is 50.8 Å². The molecule has 0 radical (unpaired) electrons. The van der Waals surface area contributed by atoms with Crippen LogP contribution < -0.4 is 4.74 Å². The van der Waals surface area contributed by atoms with Gasteiger partial charge in [0.1, 0.15) is 12.4 Å². The van der Waals surface area contributed by atoms with Crippen molar-refractivity contribution in [3.8, 4) is 5.75 Å². The van der Waals surface area contributed by atoms with Gasteiger partial charge in [-0.1, -0.05) is 50.3 Å². The van der Waals surface area contributed by atoms with Crippen molar-refractivity contribution in [3.63, 3.8) is 0 Å². The van der Waals surface area contributed by atoms with Gasteiger partial charge in [-0.3, -0.25) is 0 Å². The van der Waals surface area contributed by atoms with Crippen LogP contribution in [0.15, 0.2) is 43.0 Å². The molecule has 0 aromatic heterocycles. The first-order valence-electron chi connectivity index (χ1n) is 9.26. The highest BCUT2D eigenvalue weighted by Gasteiger charge is 2.22. The van der Waals surface area contributed by atoms with Crippen molar-refractivity contribution in [2.24, 2.45) is 5.92 Å². The molecule has 1 heteroatoms. The molecule has 0 saturated heterocycles. The van der Waals surface area contributed by atoms with Gasteiger partial charge in [0, 0.05) is 0 Å². The minimum absolute atomic E-state index is 0.589. The summed E-state index contributed by atoms with van der Waals surface area (Å²) in [5.74, 6) is 2.67. The molecule has 126 valence electrons. The van der Waals surface area contributed by atoms with Gasteiger partial charge in [-0.2, -0.15) is 0 Å². The largest absolute Gasteiger partial charge is 0.489 e. The Bertz CT molecular complexity index is 507. The summed E-state index contributed by atoms with van der Waals surface area (Å²) >= 11 is 0. The minimum Gasteiger partial charge on any atom is -0.489 e. The fourth-order valence-corrected chi connectivity index (χ4v) is 3.67.